The summed E-state index contributed by atoms with van der Waals surface area (Å²) in [6.07, 6.45) is 7.01. The molecule has 0 heterocycles. The van der Waals surface area contributed by atoms with Crippen molar-refractivity contribution in [2.75, 3.05) is 0 Å². The molecule has 0 rings (SSSR count). The molecule has 0 spiro atoms. The first kappa shape index (κ1) is 27.0. The Morgan fingerprint density at radius 2 is 1.12 bits per heavy atom. The summed E-state index contributed by atoms with van der Waals surface area (Å²) in [4.78, 5) is 0. The average Bonchev–Trinajstić information content (AvgIpc) is 2.55. The van der Waals surface area contributed by atoms with Crippen LogP contribution in [-0.4, -0.2) is 34.6 Å². The van der Waals surface area contributed by atoms with Crippen LogP contribution in [0.4, 0.5) is 0 Å². The number of unbranched alkanes of at least 4 members (excludes halogenated alkanes) is 2. The third-order valence-corrected chi connectivity index (χ3v) is 18.6. The van der Waals surface area contributed by atoms with E-state index in [1.807, 2.05) is 0 Å². The predicted octanol–water partition coefficient (Wildman–Crippen LogP) is 8.35. The van der Waals surface area contributed by atoms with E-state index in [2.05, 4.69) is 69.2 Å². The van der Waals surface area contributed by atoms with Crippen molar-refractivity contribution in [3.05, 3.63) is 0 Å². The van der Waals surface area contributed by atoms with E-state index in [1.165, 1.54) is 37.4 Å². The van der Waals surface area contributed by atoms with Crippen molar-refractivity contribution < 1.29 is 3.76 Å². The van der Waals surface area contributed by atoms with Crippen LogP contribution in [0, 0.1) is 11.8 Å². The van der Waals surface area contributed by atoms with E-state index in [9.17, 15) is 0 Å². The summed E-state index contributed by atoms with van der Waals surface area (Å²) in [6.45, 7) is 24.0. The van der Waals surface area contributed by atoms with Gasteiger partial charge in [-0.1, -0.05) is 0 Å². The molecule has 0 unspecified atom stereocenters. The molecule has 0 fully saturated rings. The third kappa shape index (κ3) is 9.03. The molecule has 0 N–H and O–H groups in total. The maximum atomic E-state index is 7.24. The van der Waals surface area contributed by atoms with E-state index < -0.39 is 29.0 Å². The summed E-state index contributed by atoms with van der Waals surface area (Å²) in [5.41, 5.74) is 0.126. The van der Waals surface area contributed by atoms with Crippen LogP contribution in [0.15, 0.2) is 0 Å². The zero-order chi connectivity index (χ0) is 20.3. The first-order valence-electron chi connectivity index (χ1n) is 11.5. The Balaban J connectivity index is 5.32. The van der Waals surface area contributed by atoms with Gasteiger partial charge in [0.05, 0.1) is 0 Å². The van der Waals surface area contributed by atoms with Crippen LogP contribution >= 0.6 is 0 Å². The summed E-state index contributed by atoms with van der Waals surface area (Å²) in [5, 5.41) is 4.69. The molecule has 0 aliphatic carbocycles. The summed E-state index contributed by atoms with van der Waals surface area (Å²) in [6, 6.07) is 0. The van der Waals surface area contributed by atoms with Crippen LogP contribution in [0.3, 0.4) is 0 Å². The zero-order valence-corrected chi connectivity index (χ0v) is 24.1. The first-order valence-corrected chi connectivity index (χ1v) is 19.2. The van der Waals surface area contributed by atoms with Crippen molar-refractivity contribution >= 4 is 29.0 Å². The Labute approximate surface area is 176 Å². The molecule has 1 nitrogen and oxygen atoms in total. The number of hydrogen-bond donors (Lipinski definition) is 0. The normalized spacial score (nSPS) is 13.4. The molecule has 3 heteroatoms. The van der Waals surface area contributed by atoms with Gasteiger partial charge in [-0.3, -0.25) is 0 Å². The maximum absolute atomic E-state index is 7.24. The summed E-state index contributed by atoms with van der Waals surface area (Å²) in [7, 11) is 0. The molecule has 0 bridgehead atoms. The van der Waals surface area contributed by atoms with Crippen molar-refractivity contribution in [3.63, 3.8) is 0 Å². The van der Waals surface area contributed by atoms with Crippen LogP contribution in [0.1, 0.15) is 101 Å². The van der Waals surface area contributed by atoms with Gasteiger partial charge in [0.25, 0.3) is 0 Å². The Bertz CT molecular complexity index is 315. The van der Waals surface area contributed by atoms with Gasteiger partial charge in [-0.25, -0.2) is 0 Å². The fourth-order valence-electron chi connectivity index (χ4n) is 4.25. The molecule has 26 heavy (non-hydrogen) atoms. The molecular formula is C23H50Ge2O. The van der Waals surface area contributed by atoms with Crippen LogP contribution in [-0.2, 0) is 3.76 Å². The second kappa shape index (κ2) is 14.1. The summed E-state index contributed by atoms with van der Waals surface area (Å²) < 4.78 is 8.74. The standard InChI is InChI=1S/C23H50Ge2O/c1-11-13-16-24(17-14-12-2)18-15-23(19(3)4,20(5)6)26-25(21(7)8)22(9)10/h19-22H,11-18H2,1-10H3. The second-order valence-electron chi connectivity index (χ2n) is 9.54. The Hall–Kier alpha value is 1.05. The number of rotatable bonds is 15. The third-order valence-electron chi connectivity index (χ3n) is 6.04. The van der Waals surface area contributed by atoms with E-state index in [1.54, 1.807) is 10.5 Å². The fourth-order valence-corrected chi connectivity index (χ4v) is 16.9. The molecule has 0 amide bonds. The first-order chi connectivity index (χ1) is 12.1. The molecule has 0 saturated carbocycles. The fraction of sp³-hybridized carbons (Fsp3) is 1.00. The van der Waals surface area contributed by atoms with Gasteiger partial charge in [-0.15, -0.1) is 0 Å². The molecule has 0 aromatic rings. The van der Waals surface area contributed by atoms with Gasteiger partial charge in [0, 0.05) is 0 Å². The zero-order valence-electron chi connectivity index (χ0n) is 19.9. The second-order valence-corrected chi connectivity index (χ2v) is 22.8. The van der Waals surface area contributed by atoms with Crippen LogP contribution in [0.5, 0.6) is 0 Å². The van der Waals surface area contributed by atoms with Gasteiger partial charge in [-0.05, 0) is 0 Å². The average molecular weight is 488 g/mol. The number of hydrogen-bond acceptors (Lipinski definition) is 1. The van der Waals surface area contributed by atoms with Gasteiger partial charge < -0.3 is 0 Å². The van der Waals surface area contributed by atoms with Crippen LogP contribution in [0.25, 0.3) is 0 Å². The minimum atomic E-state index is -1.52. The topological polar surface area (TPSA) is 9.23 Å². The molecule has 2 radical (unpaired) electrons. The van der Waals surface area contributed by atoms with E-state index in [4.69, 9.17) is 3.76 Å². The van der Waals surface area contributed by atoms with Crippen LogP contribution < -0.4 is 0 Å². The minimum absolute atomic E-state index is 0.126. The monoisotopic (exact) mass is 490 g/mol. The molecule has 0 saturated heterocycles. The molecule has 0 aromatic carbocycles. The van der Waals surface area contributed by atoms with E-state index in [-0.39, 0.29) is 5.60 Å². The predicted molar refractivity (Wildman–Crippen MR) is 124 cm³/mol. The van der Waals surface area contributed by atoms with Crippen molar-refractivity contribution in [1.29, 1.82) is 0 Å². The van der Waals surface area contributed by atoms with Gasteiger partial charge in [0.15, 0.2) is 0 Å². The van der Waals surface area contributed by atoms with Crippen molar-refractivity contribution in [2.45, 2.75) is 132 Å². The molecule has 0 aromatic heterocycles. The Morgan fingerprint density at radius 1 is 0.692 bits per heavy atom. The molecule has 0 aliphatic heterocycles. The van der Waals surface area contributed by atoms with E-state index in [0.29, 0.717) is 11.8 Å². The molecule has 156 valence electrons. The van der Waals surface area contributed by atoms with Gasteiger partial charge in [0.2, 0.25) is 0 Å². The summed E-state index contributed by atoms with van der Waals surface area (Å²) in [5.74, 6) is 1.25. The van der Waals surface area contributed by atoms with Gasteiger partial charge >= 0.3 is 177 Å². The molecular weight excluding hydrogens is 437 g/mol. The van der Waals surface area contributed by atoms with Crippen molar-refractivity contribution in [2.24, 2.45) is 11.8 Å². The SMILES string of the molecule is CCC[CH2][Ge]([CH2]CCC)[CH2]CC([O][Ge]([CH](C)C)[CH](C)C)(C(C)C)C(C)C. The molecule has 0 aliphatic rings. The van der Waals surface area contributed by atoms with Gasteiger partial charge in [0.1, 0.15) is 0 Å². The van der Waals surface area contributed by atoms with E-state index >= 15 is 0 Å². The quantitative estimate of drug-likeness (QED) is 0.211. The van der Waals surface area contributed by atoms with E-state index in [0.717, 1.165) is 9.50 Å². The Kier molecular flexibility index (Phi) is 14.7. The summed E-state index contributed by atoms with van der Waals surface area (Å²) >= 11 is -2.43. The Morgan fingerprint density at radius 3 is 1.42 bits per heavy atom. The van der Waals surface area contributed by atoms with Crippen LogP contribution in [0.2, 0.25) is 25.3 Å². The molecule has 0 atom stereocenters. The van der Waals surface area contributed by atoms with Crippen molar-refractivity contribution in [3.8, 4) is 0 Å². The van der Waals surface area contributed by atoms with Crippen molar-refractivity contribution in [1.82, 2.24) is 0 Å². The van der Waals surface area contributed by atoms with Gasteiger partial charge in [-0.2, -0.15) is 0 Å².